The first-order valence-corrected chi connectivity index (χ1v) is 12.6. The summed E-state index contributed by atoms with van der Waals surface area (Å²) in [5, 5.41) is 14.3. The van der Waals surface area contributed by atoms with Crippen molar-refractivity contribution in [3.05, 3.63) is 54.0 Å². The second kappa shape index (κ2) is 9.74. The van der Waals surface area contributed by atoms with Crippen molar-refractivity contribution in [3.63, 3.8) is 0 Å². The van der Waals surface area contributed by atoms with Gasteiger partial charge in [-0.25, -0.2) is 12.8 Å². The molecule has 9 nitrogen and oxygen atoms in total. The van der Waals surface area contributed by atoms with E-state index in [4.69, 9.17) is 4.74 Å². The van der Waals surface area contributed by atoms with E-state index in [9.17, 15) is 22.7 Å². The van der Waals surface area contributed by atoms with Gasteiger partial charge in [0.25, 0.3) is 0 Å². The molecular formula is C24H27FN4O5S. The summed E-state index contributed by atoms with van der Waals surface area (Å²) >= 11 is 0. The Kier molecular flexibility index (Phi) is 6.91. The van der Waals surface area contributed by atoms with Gasteiger partial charge in [0.2, 0.25) is 10.0 Å². The van der Waals surface area contributed by atoms with Gasteiger partial charge in [-0.1, -0.05) is 0 Å². The molecule has 1 aliphatic heterocycles. The predicted octanol–water partition coefficient (Wildman–Crippen LogP) is 3.29. The second-order valence-electron chi connectivity index (χ2n) is 8.70. The van der Waals surface area contributed by atoms with E-state index in [1.54, 1.807) is 30.1 Å². The van der Waals surface area contributed by atoms with Crippen LogP contribution in [0.3, 0.4) is 0 Å². The van der Waals surface area contributed by atoms with E-state index in [0.29, 0.717) is 28.8 Å². The first-order chi connectivity index (χ1) is 16.6. The van der Waals surface area contributed by atoms with Gasteiger partial charge < -0.3 is 9.84 Å². The number of ether oxygens (including phenoxy) is 1. The predicted molar refractivity (Wildman–Crippen MR) is 129 cm³/mol. The standard InChI is InChI=1S/C24H27FN4O5S/c1-15(2)34-19-5-7-20(8-6-19)35(32,33)28-14-18(11-17(28)13-26-3)29-23-10-16(25)4-9-21(23)22(27-29)12-24(30)31/h4-10,13,15,17-18H,11-12,14H2,1-3H3,(H,30,31)/t17-,18-/m1/s1. The Morgan fingerprint density at radius 3 is 2.63 bits per heavy atom. The summed E-state index contributed by atoms with van der Waals surface area (Å²) in [4.78, 5) is 15.5. The minimum atomic E-state index is -3.89. The van der Waals surface area contributed by atoms with Crippen molar-refractivity contribution in [3.8, 4) is 5.75 Å². The molecule has 1 saturated heterocycles. The number of aliphatic imine (C=N–C) groups is 1. The molecule has 1 N–H and O–H groups in total. The summed E-state index contributed by atoms with van der Waals surface area (Å²) < 4.78 is 49.7. The van der Waals surface area contributed by atoms with E-state index < -0.39 is 33.9 Å². The average molecular weight is 503 g/mol. The molecule has 0 bridgehead atoms. The SMILES string of the molecule is CN=C[C@H]1C[C@@H](n2nc(CC(=O)O)c3ccc(F)cc32)CN1S(=O)(=O)c1ccc(OC(C)C)cc1. The van der Waals surface area contributed by atoms with Crippen LogP contribution in [0.15, 0.2) is 52.4 Å². The van der Waals surface area contributed by atoms with Gasteiger partial charge in [-0.05, 0) is 62.7 Å². The number of aliphatic carboxylic acids is 1. The largest absolute Gasteiger partial charge is 0.491 e. The van der Waals surface area contributed by atoms with Crippen LogP contribution in [0.25, 0.3) is 10.9 Å². The van der Waals surface area contributed by atoms with Crippen molar-refractivity contribution in [2.24, 2.45) is 4.99 Å². The second-order valence-corrected chi connectivity index (χ2v) is 10.6. The fraction of sp³-hybridized carbons (Fsp3) is 0.375. The molecule has 2 aromatic carbocycles. The van der Waals surface area contributed by atoms with Gasteiger partial charge in [0.05, 0.1) is 40.7 Å². The Morgan fingerprint density at radius 1 is 1.29 bits per heavy atom. The van der Waals surface area contributed by atoms with Crippen LogP contribution in [0.1, 0.15) is 32.0 Å². The fourth-order valence-corrected chi connectivity index (χ4v) is 6.02. The van der Waals surface area contributed by atoms with E-state index in [0.717, 1.165) is 0 Å². The molecule has 1 fully saturated rings. The van der Waals surface area contributed by atoms with Gasteiger partial charge in [0.1, 0.15) is 11.6 Å². The average Bonchev–Trinajstić information content (AvgIpc) is 3.35. The summed E-state index contributed by atoms with van der Waals surface area (Å²) in [6.07, 6.45) is 1.55. The number of rotatable bonds is 8. The molecule has 35 heavy (non-hydrogen) atoms. The maximum atomic E-state index is 14.1. The zero-order valence-electron chi connectivity index (χ0n) is 19.6. The van der Waals surface area contributed by atoms with Crippen LogP contribution in [0.4, 0.5) is 4.39 Å². The van der Waals surface area contributed by atoms with E-state index >= 15 is 0 Å². The third-order valence-corrected chi connectivity index (χ3v) is 7.71. The number of benzene rings is 2. The lowest BCUT2D eigenvalue weighted by atomic mass is 10.1. The summed E-state index contributed by atoms with van der Waals surface area (Å²) in [6, 6.07) is 9.30. The van der Waals surface area contributed by atoms with Crippen molar-refractivity contribution in [2.45, 2.75) is 49.8 Å². The molecule has 3 aromatic rings. The summed E-state index contributed by atoms with van der Waals surface area (Å²) in [5.41, 5.74) is 0.725. The fourth-order valence-electron chi connectivity index (χ4n) is 4.40. The highest BCUT2D eigenvalue weighted by molar-refractivity contribution is 7.89. The van der Waals surface area contributed by atoms with E-state index in [1.807, 2.05) is 13.8 Å². The number of hydrogen-bond acceptors (Lipinski definition) is 6. The third-order valence-electron chi connectivity index (χ3n) is 5.81. The lowest BCUT2D eigenvalue weighted by molar-refractivity contribution is -0.136. The Morgan fingerprint density at radius 2 is 2.00 bits per heavy atom. The molecule has 0 saturated carbocycles. The molecule has 1 aromatic heterocycles. The smallest absolute Gasteiger partial charge is 0.309 e. The van der Waals surface area contributed by atoms with Gasteiger partial charge in [-0.2, -0.15) is 9.40 Å². The third kappa shape index (κ3) is 5.06. The maximum Gasteiger partial charge on any atom is 0.309 e. The highest BCUT2D eigenvalue weighted by atomic mass is 32.2. The number of aromatic nitrogens is 2. The zero-order valence-corrected chi connectivity index (χ0v) is 20.4. The zero-order chi connectivity index (χ0) is 25.3. The van der Waals surface area contributed by atoms with E-state index in [1.165, 1.54) is 34.6 Å². The quantitative estimate of drug-likeness (QED) is 0.473. The van der Waals surface area contributed by atoms with Gasteiger partial charge in [0.15, 0.2) is 0 Å². The molecule has 0 amide bonds. The molecular weight excluding hydrogens is 475 g/mol. The molecule has 186 valence electrons. The molecule has 0 aliphatic carbocycles. The molecule has 4 rings (SSSR count). The molecule has 2 heterocycles. The Balaban J connectivity index is 1.70. The number of fused-ring (bicyclic) bond motifs is 1. The highest BCUT2D eigenvalue weighted by Crippen LogP contribution is 2.35. The van der Waals surface area contributed by atoms with Crippen molar-refractivity contribution >= 4 is 33.1 Å². The summed E-state index contributed by atoms with van der Waals surface area (Å²) in [7, 11) is -2.32. The van der Waals surface area contributed by atoms with E-state index in [2.05, 4.69) is 10.1 Å². The molecule has 1 aliphatic rings. The minimum absolute atomic E-state index is 0.0401. The molecule has 0 unspecified atom stereocenters. The Hall–Kier alpha value is -3.31. The van der Waals surface area contributed by atoms with Gasteiger partial charge in [-0.15, -0.1) is 0 Å². The lowest BCUT2D eigenvalue weighted by Crippen LogP contribution is -2.36. The summed E-state index contributed by atoms with van der Waals surface area (Å²) in [5.74, 6) is -0.975. The van der Waals surface area contributed by atoms with Crippen molar-refractivity contribution in [1.29, 1.82) is 0 Å². The lowest BCUT2D eigenvalue weighted by Gasteiger charge is -2.21. The number of nitrogens with zero attached hydrogens (tertiary/aromatic N) is 4. The number of hydrogen-bond donors (Lipinski definition) is 1. The van der Waals surface area contributed by atoms with Crippen molar-refractivity contribution in [2.75, 3.05) is 13.6 Å². The van der Waals surface area contributed by atoms with Crippen molar-refractivity contribution < 1.29 is 27.4 Å². The first-order valence-electron chi connectivity index (χ1n) is 11.2. The van der Waals surface area contributed by atoms with Crippen LogP contribution in [0.5, 0.6) is 5.75 Å². The molecule has 11 heteroatoms. The number of carboxylic acid groups (broad SMARTS) is 1. The molecule has 0 spiro atoms. The monoisotopic (exact) mass is 502 g/mol. The number of sulfonamides is 1. The van der Waals surface area contributed by atoms with Crippen LogP contribution >= 0.6 is 0 Å². The van der Waals surface area contributed by atoms with Gasteiger partial charge in [0, 0.05) is 25.2 Å². The van der Waals surface area contributed by atoms with Crippen molar-refractivity contribution in [1.82, 2.24) is 14.1 Å². The normalized spacial score (nSPS) is 19.2. The Labute approximate surface area is 202 Å². The topological polar surface area (TPSA) is 114 Å². The minimum Gasteiger partial charge on any atom is -0.491 e. The number of carboxylic acids is 1. The van der Waals surface area contributed by atoms with Gasteiger partial charge in [-0.3, -0.25) is 14.5 Å². The van der Waals surface area contributed by atoms with Crippen LogP contribution in [0, 0.1) is 5.82 Å². The first kappa shape index (κ1) is 24.8. The van der Waals surface area contributed by atoms with Gasteiger partial charge >= 0.3 is 5.97 Å². The number of carbonyl (C=O) groups is 1. The molecule has 0 radical (unpaired) electrons. The molecule has 2 atom stereocenters. The highest BCUT2D eigenvalue weighted by Gasteiger charge is 2.41. The van der Waals surface area contributed by atoms with Crippen LogP contribution < -0.4 is 4.74 Å². The van der Waals surface area contributed by atoms with Crippen LogP contribution in [-0.4, -0.2) is 65.5 Å². The van der Waals surface area contributed by atoms with E-state index in [-0.39, 0.29) is 24.0 Å². The van der Waals surface area contributed by atoms with Crippen LogP contribution in [-0.2, 0) is 21.2 Å². The Bertz CT molecular complexity index is 1370. The number of halogens is 1. The maximum absolute atomic E-state index is 14.1. The summed E-state index contributed by atoms with van der Waals surface area (Å²) in [6.45, 7) is 3.84. The van der Waals surface area contributed by atoms with Crippen LogP contribution in [0.2, 0.25) is 0 Å².